The zero-order valence-corrected chi connectivity index (χ0v) is 10.1. The van der Waals surface area contributed by atoms with E-state index >= 15 is 0 Å². The van der Waals surface area contributed by atoms with Gasteiger partial charge in [0.25, 0.3) is 0 Å². The lowest BCUT2D eigenvalue weighted by Crippen LogP contribution is -2.25. The lowest BCUT2D eigenvalue weighted by atomic mass is 9.94. The van der Waals surface area contributed by atoms with Gasteiger partial charge in [0, 0.05) is 5.56 Å². The van der Waals surface area contributed by atoms with Crippen molar-refractivity contribution >= 4 is 0 Å². The Hall–Kier alpha value is -1.02. The van der Waals surface area contributed by atoms with Gasteiger partial charge in [0.1, 0.15) is 11.9 Å². The summed E-state index contributed by atoms with van der Waals surface area (Å²) in [6, 6.07) is 2.58. The van der Waals surface area contributed by atoms with Gasteiger partial charge in [-0.3, -0.25) is 0 Å². The Labute approximate surface area is 91.6 Å². The van der Waals surface area contributed by atoms with Crippen LogP contribution in [0.4, 0.5) is 0 Å². The van der Waals surface area contributed by atoms with Gasteiger partial charge in [-0.25, -0.2) is 0 Å². The van der Waals surface area contributed by atoms with Crippen LogP contribution in [0, 0.1) is 20.8 Å². The Morgan fingerprint density at radius 3 is 2.47 bits per heavy atom. The number of rotatable bonds is 1. The van der Waals surface area contributed by atoms with E-state index < -0.39 is 0 Å². The van der Waals surface area contributed by atoms with Gasteiger partial charge in [-0.05, 0) is 51.4 Å². The molecule has 0 saturated heterocycles. The van der Waals surface area contributed by atoms with Gasteiger partial charge >= 0.3 is 0 Å². The van der Waals surface area contributed by atoms with Crippen molar-refractivity contribution in [1.29, 1.82) is 0 Å². The molecular formula is C13H19NO. The molecule has 2 rings (SSSR count). The van der Waals surface area contributed by atoms with E-state index in [-0.39, 0.29) is 6.10 Å². The maximum absolute atomic E-state index is 5.94. The molecule has 0 radical (unpaired) electrons. The van der Waals surface area contributed by atoms with E-state index in [2.05, 4.69) is 39.1 Å². The second kappa shape index (κ2) is 3.53. The highest BCUT2D eigenvalue weighted by Gasteiger charge is 2.32. The molecular weight excluding hydrogens is 186 g/mol. The molecule has 0 spiro atoms. The quantitative estimate of drug-likeness (QED) is 0.761. The van der Waals surface area contributed by atoms with Crippen LogP contribution in [0.15, 0.2) is 6.07 Å². The first kappa shape index (κ1) is 10.5. The maximum atomic E-state index is 5.94. The van der Waals surface area contributed by atoms with Crippen LogP contribution >= 0.6 is 0 Å². The summed E-state index contributed by atoms with van der Waals surface area (Å²) >= 11 is 0. The largest absolute Gasteiger partial charge is 0.488 e. The van der Waals surface area contributed by atoms with Gasteiger partial charge in [0.15, 0.2) is 0 Å². The Kier molecular flexibility index (Phi) is 2.47. The molecule has 0 amide bonds. The smallest absolute Gasteiger partial charge is 0.128 e. The van der Waals surface area contributed by atoms with Gasteiger partial charge < -0.3 is 10.1 Å². The zero-order valence-electron chi connectivity index (χ0n) is 10.1. The van der Waals surface area contributed by atoms with E-state index in [1.54, 1.807) is 0 Å². The van der Waals surface area contributed by atoms with Crippen LogP contribution in [0.1, 0.15) is 35.2 Å². The third-order valence-corrected chi connectivity index (χ3v) is 3.43. The second-order valence-corrected chi connectivity index (χ2v) is 4.47. The molecule has 82 valence electrons. The molecule has 2 nitrogen and oxygen atoms in total. The summed E-state index contributed by atoms with van der Waals surface area (Å²) in [4.78, 5) is 0. The first-order valence-corrected chi connectivity index (χ1v) is 5.51. The maximum Gasteiger partial charge on any atom is 0.128 e. The Morgan fingerprint density at radius 2 is 1.87 bits per heavy atom. The molecule has 1 aliphatic rings. The fraction of sp³-hybridized carbons (Fsp3) is 0.538. The number of aryl methyl sites for hydroxylation is 2. The first-order chi connectivity index (χ1) is 7.06. The third kappa shape index (κ3) is 1.44. The zero-order chi connectivity index (χ0) is 11.2. The van der Waals surface area contributed by atoms with Gasteiger partial charge in [-0.2, -0.15) is 0 Å². The summed E-state index contributed by atoms with van der Waals surface area (Å²) in [7, 11) is 1.99. The predicted molar refractivity (Wildman–Crippen MR) is 62.5 cm³/mol. The second-order valence-electron chi connectivity index (χ2n) is 4.47. The molecule has 0 bridgehead atoms. The van der Waals surface area contributed by atoms with E-state index in [4.69, 9.17) is 4.74 Å². The van der Waals surface area contributed by atoms with Crippen molar-refractivity contribution in [1.82, 2.24) is 5.32 Å². The summed E-state index contributed by atoms with van der Waals surface area (Å²) < 4.78 is 5.94. The molecule has 1 aliphatic heterocycles. The average Bonchev–Trinajstić information content (AvgIpc) is 2.52. The minimum atomic E-state index is 0.226. The third-order valence-electron chi connectivity index (χ3n) is 3.43. The summed E-state index contributed by atoms with van der Waals surface area (Å²) in [5.74, 6) is 1.10. The highest BCUT2D eigenvalue weighted by atomic mass is 16.5. The molecule has 2 atom stereocenters. The van der Waals surface area contributed by atoms with Crippen molar-refractivity contribution in [2.24, 2.45) is 0 Å². The fourth-order valence-electron chi connectivity index (χ4n) is 2.48. The van der Waals surface area contributed by atoms with Crippen molar-refractivity contribution in [3.8, 4) is 5.75 Å². The Morgan fingerprint density at radius 1 is 1.20 bits per heavy atom. The van der Waals surface area contributed by atoms with Crippen LogP contribution < -0.4 is 10.1 Å². The van der Waals surface area contributed by atoms with E-state index in [0.29, 0.717) is 6.04 Å². The topological polar surface area (TPSA) is 21.3 Å². The van der Waals surface area contributed by atoms with Gasteiger partial charge in [0.05, 0.1) is 6.04 Å². The van der Waals surface area contributed by atoms with Crippen molar-refractivity contribution in [2.45, 2.75) is 39.8 Å². The Bertz CT molecular complexity index is 398. The van der Waals surface area contributed by atoms with Gasteiger partial charge in [-0.15, -0.1) is 0 Å². The lowest BCUT2D eigenvalue weighted by molar-refractivity contribution is 0.213. The van der Waals surface area contributed by atoms with Crippen LogP contribution in [0.3, 0.4) is 0 Å². The van der Waals surface area contributed by atoms with E-state index in [1.165, 1.54) is 22.3 Å². The van der Waals surface area contributed by atoms with E-state index in [0.717, 1.165) is 5.75 Å². The van der Waals surface area contributed by atoms with Crippen molar-refractivity contribution < 1.29 is 4.74 Å². The van der Waals surface area contributed by atoms with Crippen molar-refractivity contribution in [3.63, 3.8) is 0 Å². The van der Waals surface area contributed by atoms with Crippen LogP contribution in [0.25, 0.3) is 0 Å². The SMILES string of the molecule is CNC1c2c(C)cc(C)c(C)c2OC1C. The molecule has 1 aromatic rings. The van der Waals surface area contributed by atoms with E-state index in [9.17, 15) is 0 Å². The van der Waals surface area contributed by atoms with Crippen LogP contribution in [-0.2, 0) is 0 Å². The summed E-state index contributed by atoms with van der Waals surface area (Å²) in [5.41, 5.74) is 5.26. The first-order valence-electron chi connectivity index (χ1n) is 5.51. The molecule has 0 aliphatic carbocycles. The fourth-order valence-corrected chi connectivity index (χ4v) is 2.48. The highest BCUT2D eigenvalue weighted by Crippen LogP contribution is 2.42. The minimum absolute atomic E-state index is 0.226. The Balaban J connectivity index is 2.62. The standard InChI is InChI=1S/C13H19NO/c1-7-6-8(2)11-12(14-5)10(4)15-13(11)9(7)3/h6,10,12,14H,1-5H3. The highest BCUT2D eigenvalue weighted by molar-refractivity contribution is 5.53. The molecule has 2 unspecified atom stereocenters. The average molecular weight is 205 g/mol. The summed E-state index contributed by atoms with van der Waals surface area (Å²) in [6.07, 6.45) is 0.226. The number of ether oxygens (including phenoxy) is 1. The molecule has 0 saturated carbocycles. The molecule has 2 heteroatoms. The normalized spacial score (nSPS) is 23.8. The van der Waals surface area contributed by atoms with Crippen molar-refractivity contribution in [3.05, 3.63) is 28.3 Å². The van der Waals surface area contributed by atoms with Crippen LogP contribution in [0.5, 0.6) is 5.75 Å². The van der Waals surface area contributed by atoms with Crippen molar-refractivity contribution in [2.75, 3.05) is 7.05 Å². The molecule has 0 aromatic heterocycles. The molecule has 1 aromatic carbocycles. The van der Waals surface area contributed by atoms with Gasteiger partial charge in [0.2, 0.25) is 0 Å². The molecule has 0 fully saturated rings. The molecule has 1 heterocycles. The minimum Gasteiger partial charge on any atom is -0.488 e. The van der Waals surface area contributed by atoms with Crippen LogP contribution in [-0.4, -0.2) is 13.2 Å². The number of fused-ring (bicyclic) bond motifs is 1. The number of nitrogens with one attached hydrogen (secondary N) is 1. The number of likely N-dealkylation sites (N-methyl/N-ethyl adjacent to an activating group) is 1. The summed E-state index contributed by atoms with van der Waals surface area (Å²) in [6.45, 7) is 8.56. The monoisotopic (exact) mass is 205 g/mol. The molecule has 1 N–H and O–H groups in total. The number of hydrogen-bond acceptors (Lipinski definition) is 2. The molecule has 15 heavy (non-hydrogen) atoms. The number of benzene rings is 1. The summed E-state index contributed by atoms with van der Waals surface area (Å²) in [5, 5.41) is 3.33. The van der Waals surface area contributed by atoms with E-state index in [1.807, 2.05) is 7.05 Å². The van der Waals surface area contributed by atoms with Gasteiger partial charge in [-0.1, -0.05) is 6.07 Å². The number of hydrogen-bond donors (Lipinski definition) is 1. The lowest BCUT2D eigenvalue weighted by Gasteiger charge is -2.14. The predicted octanol–water partition coefficient (Wildman–Crippen LogP) is 2.65. The van der Waals surface area contributed by atoms with Crippen LogP contribution in [0.2, 0.25) is 0 Å².